The predicted molar refractivity (Wildman–Crippen MR) is 79.9 cm³/mol. The SMILES string of the molecule is CN=C(NC1CC1)NC1CC(F)(c2cccc(Cl)c2)C1. The summed E-state index contributed by atoms with van der Waals surface area (Å²) in [4.78, 5) is 4.18. The first kappa shape index (κ1) is 13.7. The fourth-order valence-corrected chi connectivity index (χ4v) is 2.80. The normalized spacial score (nSPS) is 29.8. The van der Waals surface area contributed by atoms with Crippen LogP contribution in [-0.4, -0.2) is 25.1 Å². The van der Waals surface area contributed by atoms with Crippen molar-refractivity contribution < 1.29 is 4.39 Å². The number of halogens is 2. The van der Waals surface area contributed by atoms with Gasteiger partial charge in [0.05, 0.1) is 0 Å². The predicted octanol–water partition coefficient (Wildman–Crippen LogP) is 2.99. The van der Waals surface area contributed by atoms with Crippen LogP contribution in [-0.2, 0) is 5.67 Å². The number of aliphatic imine (C=N–C) groups is 1. The molecule has 0 radical (unpaired) electrons. The number of alkyl halides is 1. The second-order valence-corrected chi connectivity index (χ2v) is 6.15. The summed E-state index contributed by atoms with van der Waals surface area (Å²) in [6, 6.07) is 7.76. The van der Waals surface area contributed by atoms with Crippen molar-refractivity contribution >= 4 is 17.6 Å². The minimum absolute atomic E-state index is 0.129. The Morgan fingerprint density at radius 1 is 1.30 bits per heavy atom. The van der Waals surface area contributed by atoms with Gasteiger partial charge in [-0.25, -0.2) is 4.39 Å². The van der Waals surface area contributed by atoms with Crippen LogP contribution in [0, 0.1) is 0 Å². The molecule has 0 amide bonds. The van der Waals surface area contributed by atoms with Crippen LogP contribution in [0.3, 0.4) is 0 Å². The third kappa shape index (κ3) is 2.90. The third-order valence-electron chi connectivity index (χ3n) is 3.96. The van der Waals surface area contributed by atoms with Gasteiger partial charge < -0.3 is 10.6 Å². The number of benzene rings is 1. The lowest BCUT2D eigenvalue weighted by molar-refractivity contribution is 0.0324. The molecule has 1 aromatic rings. The maximum Gasteiger partial charge on any atom is 0.191 e. The molecule has 5 heteroatoms. The highest BCUT2D eigenvalue weighted by Crippen LogP contribution is 2.45. The van der Waals surface area contributed by atoms with E-state index in [-0.39, 0.29) is 6.04 Å². The first-order chi connectivity index (χ1) is 9.59. The lowest BCUT2D eigenvalue weighted by Crippen LogP contribution is -2.54. The van der Waals surface area contributed by atoms with Gasteiger partial charge in [0.15, 0.2) is 5.96 Å². The quantitative estimate of drug-likeness (QED) is 0.664. The van der Waals surface area contributed by atoms with Gasteiger partial charge in [-0.05, 0) is 30.5 Å². The first-order valence-corrected chi connectivity index (χ1v) is 7.42. The molecule has 2 saturated carbocycles. The largest absolute Gasteiger partial charge is 0.354 e. The zero-order valence-electron chi connectivity index (χ0n) is 11.5. The molecule has 0 spiro atoms. The summed E-state index contributed by atoms with van der Waals surface area (Å²) in [7, 11) is 1.75. The molecule has 0 aromatic heterocycles. The van der Waals surface area contributed by atoms with Crippen LogP contribution in [0.2, 0.25) is 5.02 Å². The van der Waals surface area contributed by atoms with Crippen LogP contribution in [0.1, 0.15) is 31.2 Å². The van der Waals surface area contributed by atoms with E-state index in [1.807, 2.05) is 0 Å². The van der Waals surface area contributed by atoms with Gasteiger partial charge in [-0.2, -0.15) is 0 Å². The summed E-state index contributed by atoms with van der Waals surface area (Å²) < 4.78 is 14.7. The summed E-state index contributed by atoms with van der Waals surface area (Å²) in [6.45, 7) is 0. The van der Waals surface area contributed by atoms with Crippen molar-refractivity contribution in [2.45, 2.75) is 43.4 Å². The van der Waals surface area contributed by atoms with Crippen LogP contribution in [0.5, 0.6) is 0 Å². The lowest BCUT2D eigenvalue weighted by atomic mass is 9.73. The van der Waals surface area contributed by atoms with E-state index in [2.05, 4.69) is 15.6 Å². The summed E-state index contributed by atoms with van der Waals surface area (Å²) >= 11 is 5.93. The molecule has 3 nitrogen and oxygen atoms in total. The van der Waals surface area contributed by atoms with Gasteiger partial charge in [-0.15, -0.1) is 0 Å². The highest BCUT2D eigenvalue weighted by molar-refractivity contribution is 6.30. The van der Waals surface area contributed by atoms with E-state index in [0.717, 1.165) is 5.96 Å². The molecule has 3 rings (SSSR count). The van der Waals surface area contributed by atoms with E-state index in [1.54, 1.807) is 31.3 Å². The second kappa shape index (κ2) is 5.24. The van der Waals surface area contributed by atoms with Gasteiger partial charge in [0.2, 0.25) is 0 Å². The van der Waals surface area contributed by atoms with Crippen molar-refractivity contribution in [3.05, 3.63) is 34.9 Å². The van der Waals surface area contributed by atoms with Crippen molar-refractivity contribution in [3.8, 4) is 0 Å². The van der Waals surface area contributed by atoms with Gasteiger partial charge in [-0.3, -0.25) is 4.99 Å². The van der Waals surface area contributed by atoms with Crippen LogP contribution in [0.4, 0.5) is 4.39 Å². The molecule has 0 heterocycles. The van der Waals surface area contributed by atoms with Crippen LogP contribution >= 0.6 is 11.6 Å². The standard InChI is InChI=1S/C15H19ClFN3/c1-18-14(19-12-5-6-12)20-13-8-15(17,9-13)10-3-2-4-11(16)7-10/h2-4,7,12-13H,5-6,8-9H2,1H3,(H2,18,19,20). The molecule has 2 N–H and O–H groups in total. The Labute approximate surface area is 123 Å². The molecular formula is C15H19ClFN3. The summed E-state index contributed by atoms with van der Waals surface area (Å²) in [5.41, 5.74) is -0.589. The fourth-order valence-electron chi connectivity index (χ4n) is 2.61. The Morgan fingerprint density at radius 2 is 2.00 bits per heavy atom. The van der Waals surface area contributed by atoms with Crippen molar-refractivity contribution in [1.29, 1.82) is 0 Å². The van der Waals surface area contributed by atoms with Gasteiger partial charge in [0, 0.05) is 37.0 Å². The lowest BCUT2D eigenvalue weighted by Gasteiger charge is -2.42. The first-order valence-electron chi connectivity index (χ1n) is 7.04. The van der Waals surface area contributed by atoms with Gasteiger partial charge >= 0.3 is 0 Å². The Morgan fingerprint density at radius 3 is 2.60 bits per heavy atom. The van der Waals surface area contributed by atoms with Gasteiger partial charge in [0.25, 0.3) is 0 Å². The molecule has 0 atom stereocenters. The molecule has 2 aliphatic rings. The van der Waals surface area contributed by atoms with E-state index >= 15 is 0 Å². The average Bonchev–Trinajstić information content (AvgIpc) is 3.19. The number of hydrogen-bond acceptors (Lipinski definition) is 1. The third-order valence-corrected chi connectivity index (χ3v) is 4.20. The number of rotatable bonds is 3. The Kier molecular flexibility index (Phi) is 3.59. The molecule has 20 heavy (non-hydrogen) atoms. The molecular weight excluding hydrogens is 277 g/mol. The van der Waals surface area contributed by atoms with Crippen molar-refractivity contribution in [2.75, 3.05) is 7.05 Å². The smallest absolute Gasteiger partial charge is 0.191 e. The molecule has 0 aliphatic heterocycles. The van der Waals surface area contributed by atoms with Crippen LogP contribution in [0.25, 0.3) is 0 Å². The monoisotopic (exact) mass is 295 g/mol. The topological polar surface area (TPSA) is 36.4 Å². The fraction of sp³-hybridized carbons (Fsp3) is 0.533. The van der Waals surface area contributed by atoms with Crippen molar-refractivity contribution in [1.82, 2.24) is 10.6 Å². The second-order valence-electron chi connectivity index (χ2n) is 5.72. The van der Waals surface area contributed by atoms with E-state index in [9.17, 15) is 4.39 Å². The van der Waals surface area contributed by atoms with E-state index < -0.39 is 5.67 Å². The average molecular weight is 296 g/mol. The molecule has 108 valence electrons. The molecule has 0 unspecified atom stereocenters. The molecule has 2 aliphatic carbocycles. The molecule has 0 bridgehead atoms. The maximum atomic E-state index is 14.7. The maximum absolute atomic E-state index is 14.7. The van der Waals surface area contributed by atoms with Crippen LogP contribution < -0.4 is 10.6 Å². The minimum Gasteiger partial charge on any atom is -0.354 e. The Bertz CT molecular complexity index is 522. The number of hydrogen-bond donors (Lipinski definition) is 2. The summed E-state index contributed by atoms with van der Waals surface area (Å²) in [5.74, 6) is 0.783. The van der Waals surface area contributed by atoms with Crippen LogP contribution in [0.15, 0.2) is 29.3 Å². The van der Waals surface area contributed by atoms with Crippen molar-refractivity contribution in [3.63, 3.8) is 0 Å². The van der Waals surface area contributed by atoms with E-state index in [1.165, 1.54) is 12.8 Å². The highest BCUT2D eigenvalue weighted by Gasteiger charge is 2.46. The number of guanidine groups is 1. The summed E-state index contributed by atoms with van der Waals surface area (Å²) in [5, 5.41) is 7.18. The van der Waals surface area contributed by atoms with Gasteiger partial charge in [-0.1, -0.05) is 23.7 Å². The zero-order chi connectivity index (χ0) is 14.2. The van der Waals surface area contributed by atoms with E-state index in [0.29, 0.717) is 29.5 Å². The summed E-state index contributed by atoms with van der Waals surface area (Å²) in [6.07, 6.45) is 3.30. The van der Waals surface area contributed by atoms with E-state index in [4.69, 9.17) is 11.6 Å². The highest BCUT2D eigenvalue weighted by atomic mass is 35.5. The number of nitrogens with one attached hydrogen (secondary N) is 2. The van der Waals surface area contributed by atoms with Crippen molar-refractivity contribution in [2.24, 2.45) is 4.99 Å². The molecule has 2 fully saturated rings. The number of nitrogens with zero attached hydrogens (tertiary/aromatic N) is 1. The molecule has 1 aromatic carbocycles. The molecule has 0 saturated heterocycles. The zero-order valence-corrected chi connectivity index (χ0v) is 12.3. The Balaban J connectivity index is 1.57. The Hall–Kier alpha value is -1.29. The minimum atomic E-state index is -1.26. The van der Waals surface area contributed by atoms with Gasteiger partial charge in [0.1, 0.15) is 5.67 Å².